The summed E-state index contributed by atoms with van der Waals surface area (Å²) in [5.41, 5.74) is 4.80. The molecule has 0 fully saturated rings. The van der Waals surface area contributed by atoms with Gasteiger partial charge in [0.2, 0.25) is 0 Å². The van der Waals surface area contributed by atoms with Gasteiger partial charge in [0.15, 0.2) is 0 Å². The molecule has 2 heterocycles. The summed E-state index contributed by atoms with van der Waals surface area (Å²) < 4.78 is 14.2. The normalized spacial score (nSPS) is 14.4. The molecule has 2 aromatic carbocycles. The van der Waals surface area contributed by atoms with Crippen LogP contribution in [0.2, 0.25) is 5.02 Å². The van der Waals surface area contributed by atoms with Gasteiger partial charge in [0.25, 0.3) is 0 Å². The van der Waals surface area contributed by atoms with Gasteiger partial charge in [0.05, 0.1) is 5.52 Å². The average molecular weight is 301 g/mol. The minimum atomic E-state index is -0.213. The van der Waals surface area contributed by atoms with E-state index in [1.54, 1.807) is 0 Å². The van der Waals surface area contributed by atoms with E-state index in [4.69, 9.17) is 11.6 Å². The molecule has 1 aliphatic rings. The number of benzene rings is 2. The summed E-state index contributed by atoms with van der Waals surface area (Å²) in [5, 5.41) is 4.99. The zero-order valence-corrected chi connectivity index (χ0v) is 12.1. The van der Waals surface area contributed by atoms with Crippen LogP contribution < -0.4 is 5.32 Å². The third-order valence-electron chi connectivity index (χ3n) is 4.11. The van der Waals surface area contributed by atoms with E-state index in [2.05, 4.69) is 10.3 Å². The van der Waals surface area contributed by atoms with Gasteiger partial charge in [0.1, 0.15) is 5.82 Å². The third-order valence-corrected chi connectivity index (χ3v) is 4.44. The number of rotatable bonds is 1. The highest BCUT2D eigenvalue weighted by molar-refractivity contribution is 6.33. The van der Waals surface area contributed by atoms with Gasteiger partial charge < -0.3 is 10.3 Å². The molecule has 0 saturated heterocycles. The van der Waals surface area contributed by atoms with E-state index in [9.17, 15) is 4.39 Å². The lowest BCUT2D eigenvalue weighted by Gasteiger charge is -2.14. The molecule has 0 bridgehead atoms. The molecular formula is C17H14ClFN2. The van der Waals surface area contributed by atoms with Crippen LogP contribution in [-0.2, 0) is 13.0 Å². The second-order valence-corrected chi connectivity index (χ2v) is 5.74. The Bertz CT molecular complexity index is 838. The maximum Gasteiger partial charge on any atom is 0.147 e. The Balaban J connectivity index is 2.08. The highest BCUT2D eigenvalue weighted by atomic mass is 35.5. The monoisotopic (exact) mass is 300 g/mol. The van der Waals surface area contributed by atoms with Crippen molar-refractivity contribution in [3.63, 3.8) is 0 Å². The van der Waals surface area contributed by atoms with Crippen molar-refractivity contribution in [3.05, 3.63) is 58.5 Å². The molecule has 4 heteroatoms. The fourth-order valence-corrected chi connectivity index (χ4v) is 3.37. The van der Waals surface area contributed by atoms with Gasteiger partial charge in [-0.15, -0.1) is 0 Å². The number of H-pyrrole nitrogens is 1. The summed E-state index contributed by atoms with van der Waals surface area (Å²) in [5.74, 6) is -0.213. The van der Waals surface area contributed by atoms with Gasteiger partial charge in [-0.3, -0.25) is 0 Å². The average Bonchev–Trinajstić information content (AvgIpc) is 2.89. The first-order chi connectivity index (χ1) is 10.3. The molecule has 2 nitrogen and oxygen atoms in total. The van der Waals surface area contributed by atoms with Crippen LogP contribution in [-0.4, -0.2) is 11.5 Å². The van der Waals surface area contributed by atoms with Gasteiger partial charge in [-0.2, -0.15) is 0 Å². The lowest BCUT2D eigenvalue weighted by Crippen LogP contribution is -2.22. The molecule has 0 saturated carbocycles. The first-order valence-electron chi connectivity index (χ1n) is 7.03. The molecule has 0 unspecified atom stereocenters. The van der Waals surface area contributed by atoms with E-state index >= 15 is 0 Å². The summed E-state index contributed by atoms with van der Waals surface area (Å²) in [6.45, 7) is 1.68. The van der Waals surface area contributed by atoms with Crippen LogP contribution in [0.3, 0.4) is 0 Å². The first-order valence-corrected chi connectivity index (χ1v) is 7.41. The quantitative estimate of drug-likeness (QED) is 0.690. The Kier molecular flexibility index (Phi) is 2.98. The van der Waals surface area contributed by atoms with Crippen LogP contribution in [0.5, 0.6) is 0 Å². The maximum absolute atomic E-state index is 14.2. The van der Waals surface area contributed by atoms with Crippen LogP contribution >= 0.6 is 11.6 Å². The predicted octanol–water partition coefficient (Wildman–Crippen LogP) is 4.27. The van der Waals surface area contributed by atoms with Gasteiger partial charge >= 0.3 is 0 Å². The molecule has 106 valence electrons. The largest absolute Gasteiger partial charge is 0.356 e. The van der Waals surface area contributed by atoms with Gasteiger partial charge in [0, 0.05) is 41.2 Å². The van der Waals surface area contributed by atoms with E-state index in [0.29, 0.717) is 10.5 Å². The van der Waals surface area contributed by atoms with Crippen LogP contribution in [0, 0.1) is 5.82 Å². The molecular weight excluding hydrogens is 287 g/mol. The Labute approximate surface area is 126 Å². The predicted molar refractivity (Wildman–Crippen MR) is 84.1 cm³/mol. The van der Waals surface area contributed by atoms with Crippen LogP contribution in [0.1, 0.15) is 11.3 Å². The highest BCUT2D eigenvalue weighted by Gasteiger charge is 2.20. The topological polar surface area (TPSA) is 27.8 Å². The number of halogens is 2. The molecule has 0 amide bonds. The van der Waals surface area contributed by atoms with E-state index in [0.717, 1.165) is 47.3 Å². The third kappa shape index (κ3) is 1.96. The Hall–Kier alpha value is -1.84. The van der Waals surface area contributed by atoms with E-state index in [-0.39, 0.29) is 5.82 Å². The molecule has 1 aliphatic heterocycles. The number of aromatic amines is 1. The molecule has 1 aromatic heterocycles. The minimum absolute atomic E-state index is 0.213. The summed E-state index contributed by atoms with van der Waals surface area (Å²) in [4.78, 5) is 3.26. The Morgan fingerprint density at radius 2 is 1.90 bits per heavy atom. The van der Waals surface area contributed by atoms with Gasteiger partial charge in [-0.25, -0.2) is 4.39 Å². The summed E-state index contributed by atoms with van der Waals surface area (Å²) in [7, 11) is 0. The summed E-state index contributed by atoms with van der Waals surface area (Å²) >= 11 is 6.33. The van der Waals surface area contributed by atoms with E-state index < -0.39 is 0 Å². The first kappa shape index (κ1) is 12.9. The van der Waals surface area contributed by atoms with Crippen molar-refractivity contribution < 1.29 is 4.39 Å². The molecule has 0 spiro atoms. The van der Waals surface area contributed by atoms with Crippen molar-refractivity contribution in [3.8, 4) is 11.1 Å². The molecule has 4 rings (SSSR count). The molecule has 0 radical (unpaired) electrons. The molecule has 3 aromatic rings. The van der Waals surface area contributed by atoms with Crippen molar-refractivity contribution in [1.29, 1.82) is 0 Å². The van der Waals surface area contributed by atoms with E-state index in [1.807, 2.05) is 30.3 Å². The van der Waals surface area contributed by atoms with Crippen molar-refractivity contribution in [1.82, 2.24) is 10.3 Å². The fraction of sp³-hybridized carbons (Fsp3) is 0.176. The number of nitrogens with one attached hydrogen (secondary N) is 2. The standard InChI is InChI=1S/C17H14ClFN2/c18-13-4-2-1-3-10(13)11-5-6-14(19)17-16(11)12-9-20-8-7-15(12)21-17/h1-6,20-21H,7-9H2. The maximum atomic E-state index is 14.2. The Morgan fingerprint density at radius 1 is 1.05 bits per heavy atom. The van der Waals surface area contributed by atoms with Crippen molar-refractivity contribution in [2.75, 3.05) is 6.54 Å². The Morgan fingerprint density at radius 3 is 2.76 bits per heavy atom. The van der Waals surface area contributed by atoms with Crippen LogP contribution in [0.25, 0.3) is 22.0 Å². The van der Waals surface area contributed by atoms with E-state index in [1.165, 1.54) is 6.07 Å². The number of aromatic nitrogens is 1. The minimum Gasteiger partial charge on any atom is -0.356 e. The molecule has 21 heavy (non-hydrogen) atoms. The lowest BCUT2D eigenvalue weighted by atomic mass is 9.96. The zero-order chi connectivity index (χ0) is 14.4. The van der Waals surface area contributed by atoms with Gasteiger partial charge in [-0.1, -0.05) is 35.9 Å². The SMILES string of the molecule is Fc1ccc(-c2ccccc2Cl)c2c3c([nH]c12)CCNC3. The highest BCUT2D eigenvalue weighted by Crippen LogP contribution is 2.38. The van der Waals surface area contributed by atoms with Crippen LogP contribution in [0.4, 0.5) is 4.39 Å². The zero-order valence-electron chi connectivity index (χ0n) is 11.3. The molecule has 0 atom stereocenters. The fourth-order valence-electron chi connectivity index (χ4n) is 3.13. The summed E-state index contributed by atoms with van der Waals surface area (Å²) in [6, 6.07) is 11.0. The molecule has 0 aliphatic carbocycles. The van der Waals surface area contributed by atoms with Gasteiger partial charge in [-0.05, 0) is 23.3 Å². The second kappa shape index (κ2) is 4.86. The van der Waals surface area contributed by atoms with Crippen molar-refractivity contribution >= 4 is 22.5 Å². The smallest absolute Gasteiger partial charge is 0.147 e. The van der Waals surface area contributed by atoms with Crippen molar-refractivity contribution in [2.45, 2.75) is 13.0 Å². The number of fused-ring (bicyclic) bond motifs is 3. The lowest BCUT2D eigenvalue weighted by molar-refractivity contribution is 0.633. The van der Waals surface area contributed by atoms with Crippen LogP contribution in [0.15, 0.2) is 36.4 Å². The number of hydrogen-bond acceptors (Lipinski definition) is 1. The summed E-state index contributed by atoms with van der Waals surface area (Å²) in [6.07, 6.45) is 0.894. The number of hydrogen-bond donors (Lipinski definition) is 2. The van der Waals surface area contributed by atoms with Crippen molar-refractivity contribution in [2.24, 2.45) is 0 Å². The second-order valence-electron chi connectivity index (χ2n) is 5.33. The molecule has 2 N–H and O–H groups in total.